The van der Waals surface area contributed by atoms with E-state index in [0.29, 0.717) is 6.54 Å². The van der Waals surface area contributed by atoms with Crippen LogP contribution in [-0.2, 0) is 9.53 Å². The fourth-order valence-electron chi connectivity index (χ4n) is 1.46. The molecular formula is C10H18N2O2. The summed E-state index contributed by atoms with van der Waals surface area (Å²) in [5.41, 5.74) is 7.00. The molecule has 1 rings (SSSR count). The van der Waals surface area contributed by atoms with Crippen molar-refractivity contribution in [2.24, 2.45) is 5.73 Å². The average molecular weight is 198 g/mol. The van der Waals surface area contributed by atoms with Crippen LogP contribution in [0.1, 0.15) is 13.3 Å². The molecule has 0 aromatic rings. The van der Waals surface area contributed by atoms with Crippen molar-refractivity contribution in [3.63, 3.8) is 0 Å². The molecule has 0 fully saturated rings. The molecule has 0 aromatic carbocycles. The standard InChI is InChI=1S/C10H18N2O2/c1-8-3-5-12(6-4-8)10(13)9(11)7-14-2/h3,9H,4-7,11H2,1-2H3. The fraction of sp³-hybridized carbons (Fsp3) is 0.700. The van der Waals surface area contributed by atoms with Crippen LogP contribution in [0.4, 0.5) is 0 Å². The van der Waals surface area contributed by atoms with Gasteiger partial charge in [0.1, 0.15) is 6.04 Å². The van der Waals surface area contributed by atoms with E-state index in [0.717, 1.165) is 13.0 Å². The van der Waals surface area contributed by atoms with Gasteiger partial charge in [0.2, 0.25) is 5.91 Å². The van der Waals surface area contributed by atoms with Crippen molar-refractivity contribution in [1.82, 2.24) is 4.90 Å². The van der Waals surface area contributed by atoms with Gasteiger partial charge < -0.3 is 15.4 Å². The topological polar surface area (TPSA) is 55.6 Å². The summed E-state index contributed by atoms with van der Waals surface area (Å²) in [6, 6.07) is -0.521. The second-order valence-corrected chi connectivity index (χ2v) is 3.65. The number of nitrogens with two attached hydrogens (primary N) is 1. The van der Waals surface area contributed by atoms with Crippen molar-refractivity contribution in [2.45, 2.75) is 19.4 Å². The van der Waals surface area contributed by atoms with Gasteiger partial charge in [-0.05, 0) is 13.3 Å². The zero-order valence-electron chi connectivity index (χ0n) is 8.82. The monoisotopic (exact) mass is 198 g/mol. The van der Waals surface area contributed by atoms with E-state index in [4.69, 9.17) is 10.5 Å². The van der Waals surface area contributed by atoms with Gasteiger partial charge >= 0.3 is 0 Å². The third kappa shape index (κ3) is 2.82. The molecule has 80 valence electrons. The van der Waals surface area contributed by atoms with Crippen molar-refractivity contribution >= 4 is 5.91 Å². The Labute approximate surface area is 84.7 Å². The number of hydrogen-bond donors (Lipinski definition) is 1. The molecule has 1 atom stereocenters. The van der Waals surface area contributed by atoms with Crippen LogP contribution in [0.15, 0.2) is 11.6 Å². The second kappa shape index (κ2) is 5.12. The molecule has 1 aliphatic heterocycles. The lowest BCUT2D eigenvalue weighted by Crippen LogP contribution is -2.47. The van der Waals surface area contributed by atoms with E-state index in [-0.39, 0.29) is 12.5 Å². The highest BCUT2D eigenvalue weighted by Gasteiger charge is 2.21. The van der Waals surface area contributed by atoms with Gasteiger partial charge in [0.05, 0.1) is 6.61 Å². The summed E-state index contributed by atoms with van der Waals surface area (Å²) in [5, 5.41) is 0. The first-order chi connectivity index (χ1) is 6.65. The molecule has 4 nitrogen and oxygen atoms in total. The quantitative estimate of drug-likeness (QED) is 0.656. The van der Waals surface area contributed by atoms with Crippen molar-refractivity contribution < 1.29 is 9.53 Å². The predicted octanol–water partition coefficient (Wildman–Crippen LogP) is 0.139. The number of carbonyl (C=O) groups excluding carboxylic acids is 1. The lowest BCUT2D eigenvalue weighted by Gasteiger charge is -2.27. The van der Waals surface area contributed by atoms with Gasteiger partial charge in [0, 0.05) is 20.2 Å². The number of ether oxygens (including phenoxy) is 1. The number of nitrogens with zero attached hydrogens (tertiary/aromatic N) is 1. The van der Waals surface area contributed by atoms with Crippen molar-refractivity contribution in [1.29, 1.82) is 0 Å². The number of carbonyl (C=O) groups is 1. The van der Waals surface area contributed by atoms with Gasteiger partial charge in [-0.2, -0.15) is 0 Å². The largest absolute Gasteiger partial charge is 0.383 e. The van der Waals surface area contributed by atoms with Crippen LogP contribution < -0.4 is 5.73 Å². The van der Waals surface area contributed by atoms with Crippen molar-refractivity contribution in [3.8, 4) is 0 Å². The minimum absolute atomic E-state index is 0.0180. The average Bonchev–Trinajstić information content (AvgIpc) is 2.18. The third-order valence-corrected chi connectivity index (χ3v) is 2.41. The van der Waals surface area contributed by atoms with Crippen LogP contribution >= 0.6 is 0 Å². The molecule has 1 heterocycles. The Morgan fingerprint density at radius 3 is 3.00 bits per heavy atom. The maximum absolute atomic E-state index is 11.7. The molecule has 1 aliphatic rings. The fourth-order valence-corrected chi connectivity index (χ4v) is 1.46. The Kier molecular flexibility index (Phi) is 4.10. The summed E-state index contributed by atoms with van der Waals surface area (Å²) in [7, 11) is 1.55. The van der Waals surface area contributed by atoms with Gasteiger partial charge in [0.25, 0.3) is 0 Å². The molecule has 0 saturated carbocycles. The Morgan fingerprint density at radius 2 is 2.50 bits per heavy atom. The molecule has 0 spiro atoms. The first-order valence-electron chi connectivity index (χ1n) is 4.84. The van der Waals surface area contributed by atoms with E-state index in [1.165, 1.54) is 5.57 Å². The molecule has 0 aromatic heterocycles. The Morgan fingerprint density at radius 1 is 1.79 bits per heavy atom. The van der Waals surface area contributed by atoms with Crippen LogP contribution in [0, 0.1) is 0 Å². The second-order valence-electron chi connectivity index (χ2n) is 3.65. The van der Waals surface area contributed by atoms with Crippen LogP contribution in [-0.4, -0.2) is 43.7 Å². The van der Waals surface area contributed by atoms with Crippen LogP contribution in [0.5, 0.6) is 0 Å². The first kappa shape index (κ1) is 11.2. The molecule has 4 heteroatoms. The van der Waals surface area contributed by atoms with Crippen molar-refractivity contribution in [2.75, 3.05) is 26.8 Å². The van der Waals surface area contributed by atoms with E-state index >= 15 is 0 Å². The summed E-state index contributed by atoms with van der Waals surface area (Å²) in [6.45, 7) is 3.83. The number of methoxy groups -OCH3 is 1. The zero-order chi connectivity index (χ0) is 10.6. The smallest absolute Gasteiger partial charge is 0.242 e. The van der Waals surface area contributed by atoms with Gasteiger partial charge in [-0.1, -0.05) is 11.6 Å². The summed E-state index contributed by atoms with van der Waals surface area (Å²) in [6.07, 6.45) is 3.02. The lowest BCUT2D eigenvalue weighted by atomic mass is 10.1. The van der Waals surface area contributed by atoms with Crippen LogP contribution in [0.2, 0.25) is 0 Å². The minimum atomic E-state index is -0.521. The highest BCUT2D eigenvalue weighted by Crippen LogP contribution is 2.10. The summed E-state index contributed by atoms with van der Waals surface area (Å²) in [5.74, 6) is -0.0180. The summed E-state index contributed by atoms with van der Waals surface area (Å²) < 4.78 is 4.85. The van der Waals surface area contributed by atoms with Gasteiger partial charge in [-0.15, -0.1) is 0 Å². The zero-order valence-corrected chi connectivity index (χ0v) is 8.82. The molecule has 2 N–H and O–H groups in total. The normalized spacial score (nSPS) is 19.1. The molecule has 14 heavy (non-hydrogen) atoms. The molecule has 0 aliphatic carbocycles. The first-order valence-corrected chi connectivity index (χ1v) is 4.84. The molecule has 1 unspecified atom stereocenters. The lowest BCUT2D eigenvalue weighted by molar-refractivity contribution is -0.133. The predicted molar refractivity (Wildman–Crippen MR) is 54.8 cm³/mol. The van der Waals surface area contributed by atoms with E-state index in [9.17, 15) is 4.79 Å². The third-order valence-electron chi connectivity index (χ3n) is 2.41. The maximum atomic E-state index is 11.7. The molecule has 1 amide bonds. The molecular weight excluding hydrogens is 180 g/mol. The number of rotatable bonds is 3. The minimum Gasteiger partial charge on any atom is -0.383 e. The van der Waals surface area contributed by atoms with Crippen LogP contribution in [0.25, 0.3) is 0 Å². The van der Waals surface area contributed by atoms with Crippen molar-refractivity contribution in [3.05, 3.63) is 11.6 Å². The highest BCUT2D eigenvalue weighted by molar-refractivity contribution is 5.82. The van der Waals surface area contributed by atoms with Gasteiger partial charge in [-0.25, -0.2) is 0 Å². The van der Waals surface area contributed by atoms with E-state index in [1.54, 1.807) is 12.0 Å². The van der Waals surface area contributed by atoms with E-state index < -0.39 is 6.04 Å². The van der Waals surface area contributed by atoms with Crippen LogP contribution in [0.3, 0.4) is 0 Å². The summed E-state index contributed by atoms with van der Waals surface area (Å²) in [4.78, 5) is 13.5. The Bertz CT molecular complexity index is 238. The molecule has 0 radical (unpaired) electrons. The summed E-state index contributed by atoms with van der Waals surface area (Å²) >= 11 is 0. The highest BCUT2D eigenvalue weighted by atomic mass is 16.5. The van der Waals surface area contributed by atoms with Gasteiger partial charge in [-0.3, -0.25) is 4.79 Å². The Hall–Kier alpha value is -0.870. The SMILES string of the molecule is COCC(N)C(=O)N1CC=C(C)CC1. The van der Waals surface area contributed by atoms with E-state index in [2.05, 4.69) is 13.0 Å². The number of hydrogen-bond acceptors (Lipinski definition) is 3. The maximum Gasteiger partial charge on any atom is 0.242 e. The number of amides is 1. The van der Waals surface area contributed by atoms with Gasteiger partial charge in [0.15, 0.2) is 0 Å². The molecule has 0 saturated heterocycles. The molecule has 0 bridgehead atoms. The van der Waals surface area contributed by atoms with E-state index in [1.807, 2.05) is 0 Å². The Balaban J connectivity index is 2.46.